The molecule has 0 N–H and O–H groups in total. The van der Waals surface area contributed by atoms with Gasteiger partial charge in [-0.15, -0.1) is 0 Å². The first-order chi connectivity index (χ1) is 8.54. The van der Waals surface area contributed by atoms with Crippen molar-refractivity contribution in [3.05, 3.63) is 35.6 Å². The molecule has 0 bridgehead atoms. The van der Waals surface area contributed by atoms with Crippen LogP contribution >= 0.6 is 0 Å². The Morgan fingerprint density at radius 2 is 2.22 bits per heavy atom. The first kappa shape index (κ1) is 13.5. The lowest BCUT2D eigenvalue weighted by atomic mass is 10.1. The smallest absolute Gasteiger partial charge is 0.212 e. The highest BCUT2D eigenvalue weighted by molar-refractivity contribution is 7.89. The van der Waals surface area contributed by atoms with Gasteiger partial charge in [0.15, 0.2) is 0 Å². The van der Waals surface area contributed by atoms with Crippen molar-refractivity contribution in [1.82, 2.24) is 4.31 Å². The van der Waals surface area contributed by atoms with Gasteiger partial charge in [0.1, 0.15) is 5.82 Å². The Labute approximate surface area is 108 Å². The van der Waals surface area contributed by atoms with Gasteiger partial charge in [-0.05, 0) is 37.0 Å². The molecule has 0 saturated carbocycles. The SMILES string of the molecule is CCCS(=O)(=O)N1CCC[C@H]1c1cccc(F)c1. The van der Waals surface area contributed by atoms with E-state index in [9.17, 15) is 12.8 Å². The minimum atomic E-state index is -3.21. The first-order valence-corrected chi connectivity index (χ1v) is 7.90. The largest absolute Gasteiger partial charge is 0.214 e. The van der Waals surface area contributed by atoms with Crippen molar-refractivity contribution < 1.29 is 12.8 Å². The van der Waals surface area contributed by atoms with E-state index in [1.165, 1.54) is 16.4 Å². The van der Waals surface area contributed by atoms with Crippen molar-refractivity contribution in [2.45, 2.75) is 32.2 Å². The maximum atomic E-state index is 13.2. The van der Waals surface area contributed by atoms with Gasteiger partial charge < -0.3 is 0 Å². The minimum Gasteiger partial charge on any atom is -0.212 e. The summed E-state index contributed by atoms with van der Waals surface area (Å²) in [4.78, 5) is 0. The maximum absolute atomic E-state index is 13.2. The van der Waals surface area contributed by atoms with Gasteiger partial charge in [-0.25, -0.2) is 12.8 Å². The van der Waals surface area contributed by atoms with Crippen LogP contribution in [0.5, 0.6) is 0 Å². The van der Waals surface area contributed by atoms with E-state index in [1.807, 2.05) is 6.92 Å². The number of sulfonamides is 1. The van der Waals surface area contributed by atoms with E-state index >= 15 is 0 Å². The first-order valence-electron chi connectivity index (χ1n) is 6.29. The fourth-order valence-electron chi connectivity index (χ4n) is 2.50. The van der Waals surface area contributed by atoms with Crippen LogP contribution in [0.3, 0.4) is 0 Å². The van der Waals surface area contributed by atoms with Gasteiger partial charge in [-0.3, -0.25) is 0 Å². The molecule has 0 spiro atoms. The molecule has 1 fully saturated rings. The standard InChI is InChI=1S/C13H18FNO2S/c1-2-9-18(16,17)15-8-4-7-13(15)11-5-3-6-12(14)10-11/h3,5-6,10,13H,2,4,7-9H2,1H3/t13-/m0/s1. The van der Waals surface area contributed by atoms with Crippen molar-refractivity contribution in [1.29, 1.82) is 0 Å². The fourth-order valence-corrected chi connectivity index (χ4v) is 4.27. The van der Waals surface area contributed by atoms with E-state index in [1.54, 1.807) is 12.1 Å². The molecule has 18 heavy (non-hydrogen) atoms. The molecule has 1 saturated heterocycles. The van der Waals surface area contributed by atoms with E-state index in [0.29, 0.717) is 13.0 Å². The summed E-state index contributed by atoms with van der Waals surface area (Å²) in [6.45, 7) is 2.40. The van der Waals surface area contributed by atoms with Crippen LogP contribution in [0.1, 0.15) is 37.8 Å². The van der Waals surface area contributed by atoms with E-state index in [0.717, 1.165) is 18.4 Å². The fraction of sp³-hybridized carbons (Fsp3) is 0.538. The van der Waals surface area contributed by atoms with E-state index in [2.05, 4.69) is 0 Å². The molecule has 1 aliphatic rings. The van der Waals surface area contributed by atoms with Crippen molar-refractivity contribution in [3.63, 3.8) is 0 Å². The lowest BCUT2D eigenvalue weighted by Crippen LogP contribution is -2.32. The molecule has 0 radical (unpaired) electrons. The summed E-state index contributed by atoms with van der Waals surface area (Å²) in [5, 5.41) is 0. The number of benzene rings is 1. The van der Waals surface area contributed by atoms with E-state index < -0.39 is 10.0 Å². The number of nitrogens with zero attached hydrogens (tertiary/aromatic N) is 1. The summed E-state index contributed by atoms with van der Waals surface area (Å²) in [7, 11) is -3.21. The zero-order valence-corrected chi connectivity index (χ0v) is 11.3. The Morgan fingerprint density at radius 1 is 1.44 bits per heavy atom. The molecule has 3 nitrogen and oxygen atoms in total. The molecule has 100 valence electrons. The third-order valence-corrected chi connectivity index (χ3v) is 5.33. The summed E-state index contributed by atoms with van der Waals surface area (Å²) in [6.07, 6.45) is 2.21. The van der Waals surface area contributed by atoms with E-state index in [-0.39, 0.29) is 17.6 Å². The molecule has 0 amide bonds. The predicted molar refractivity (Wildman–Crippen MR) is 69.2 cm³/mol. The van der Waals surface area contributed by atoms with Crippen molar-refractivity contribution in [3.8, 4) is 0 Å². The van der Waals surface area contributed by atoms with Gasteiger partial charge in [0, 0.05) is 12.6 Å². The number of halogens is 1. The molecule has 1 aliphatic heterocycles. The van der Waals surface area contributed by atoms with Crippen LogP contribution in [0, 0.1) is 5.82 Å². The average molecular weight is 271 g/mol. The lowest BCUT2D eigenvalue weighted by molar-refractivity contribution is 0.395. The van der Waals surface area contributed by atoms with Gasteiger partial charge in [-0.2, -0.15) is 4.31 Å². The molecular formula is C13H18FNO2S. The topological polar surface area (TPSA) is 37.4 Å². The monoisotopic (exact) mass is 271 g/mol. The Bertz CT molecular complexity index is 515. The molecule has 1 aromatic carbocycles. The zero-order chi connectivity index (χ0) is 13.2. The molecule has 5 heteroatoms. The molecular weight excluding hydrogens is 253 g/mol. The number of rotatable bonds is 4. The van der Waals surface area contributed by atoms with Crippen LogP contribution in [0.4, 0.5) is 4.39 Å². The van der Waals surface area contributed by atoms with Crippen LogP contribution in [-0.2, 0) is 10.0 Å². The Balaban J connectivity index is 2.28. The second-order valence-corrected chi connectivity index (χ2v) is 6.68. The van der Waals surface area contributed by atoms with Gasteiger partial charge in [0.2, 0.25) is 10.0 Å². The summed E-state index contributed by atoms with van der Waals surface area (Å²) >= 11 is 0. The van der Waals surface area contributed by atoms with Gasteiger partial charge in [-0.1, -0.05) is 19.1 Å². The second-order valence-electron chi connectivity index (χ2n) is 4.64. The third-order valence-electron chi connectivity index (χ3n) is 3.26. The minimum absolute atomic E-state index is 0.165. The highest BCUT2D eigenvalue weighted by Crippen LogP contribution is 2.34. The summed E-state index contributed by atoms with van der Waals surface area (Å²) in [5.74, 6) is -0.147. The van der Waals surface area contributed by atoms with Crippen LogP contribution in [-0.4, -0.2) is 25.0 Å². The van der Waals surface area contributed by atoms with Crippen molar-refractivity contribution >= 4 is 10.0 Å². The lowest BCUT2D eigenvalue weighted by Gasteiger charge is -2.24. The molecule has 0 unspecified atom stereocenters. The normalized spacial score (nSPS) is 21.3. The third kappa shape index (κ3) is 2.72. The van der Waals surface area contributed by atoms with Crippen molar-refractivity contribution in [2.24, 2.45) is 0 Å². The van der Waals surface area contributed by atoms with E-state index in [4.69, 9.17) is 0 Å². The van der Waals surface area contributed by atoms with Crippen molar-refractivity contribution in [2.75, 3.05) is 12.3 Å². The Morgan fingerprint density at radius 3 is 2.89 bits per heavy atom. The van der Waals surface area contributed by atoms with Crippen LogP contribution in [0.2, 0.25) is 0 Å². The average Bonchev–Trinajstić information content (AvgIpc) is 2.78. The van der Waals surface area contributed by atoms with Gasteiger partial charge in [0.05, 0.1) is 5.75 Å². The molecule has 2 rings (SSSR count). The molecule has 1 aromatic rings. The van der Waals surface area contributed by atoms with Gasteiger partial charge in [0.25, 0.3) is 0 Å². The van der Waals surface area contributed by atoms with Crippen LogP contribution < -0.4 is 0 Å². The van der Waals surface area contributed by atoms with Gasteiger partial charge >= 0.3 is 0 Å². The van der Waals surface area contributed by atoms with Crippen LogP contribution in [0.15, 0.2) is 24.3 Å². The molecule has 1 atom stereocenters. The second kappa shape index (κ2) is 5.36. The predicted octanol–water partition coefficient (Wildman–Crippen LogP) is 2.70. The highest BCUT2D eigenvalue weighted by Gasteiger charge is 2.34. The van der Waals surface area contributed by atoms with Crippen LogP contribution in [0.25, 0.3) is 0 Å². The maximum Gasteiger partial charge on any atom is 0.214 e. The highest BCUT2D eigenvalue weighted by atomic mass is 32.2. The Hall–Kier alpha value is -0.940. The zero-order valence-electron chi connectivity index (χ0n) is 10.5. The Kier molecular flexibility index (Phi) is 4.02. The number of hydrogen-bond donors (Lipinski definition) is 0. The molecule has 0 aromatic heterocycles. The molecule has 1 heterocycles. The summed E-state index contributed by atoms with van der Waals surface area (Å²) in [6, 6.07) is 6.05. The quantitative estimate of drug-likeness (QED) is 0.844. The number of hydrogen-bond acceptors (Lipinski definition) is 2. The summed E-state index contributed by atoms with van der Waals surface area (Å²) in [5.41, 5.74) is 0.757. The molecule has 0 aliphatic carbocycles. The summed E-state index contributed by atoms with van der Waals surface area (Å²) < 4.78 is 39.0.